The average molecular weight is 651 g/mol. The van der Waals surface area contributed by atoms with Crippen LogP contribution in [0.4, 0.5) is 0 Å². The van der Waals surface area contributed by atoms with Crippen LogP contribution >= 0.6 is 26.3 Å². The van der Waals surface area contributed by atoms with E-state index in [0.29, 0.717) is 39.6 Å². The van der Waals surface area contributed by atoms with Crippen molar-refractivity contribution in [2.75, 3.05) is 45.8 Å². The molecule has 38 heavy (non-hydrogen) atoms. The maximum atomic E-state index is 11.7. The van der Waals surface area contributed by atoms with Gasteiger partial charge in [-0.1, -0.05) is 0 Å². The molecule has 0 aromatic heterocycles. The fraction of sp³-hybridized carbons (Fsp3) is 0.387. The zero-order valence-corrected chi connectivity index (χ0v) is 25.7. The van der Waals surface area contributed by atoms with Crippen molar-refractivity contribution < 1.29 is 23.7 Å². The second kappa shape index (κ2) is 14.5. The van der Waals surface area contributed by atoms with E-state index in [-0.39, 0.29) is 12.4 Å². The summed E-state index contributed by atoms with van der Waals surface area (Å²) in [5.41, 5.74) is -0.470. The summed E-state index contributed by atoms with van der Waals surface area (Å²) in [6, 6.07) is 32.6. The van der Waals surface area contributed by atoms with Crippen molar-refractivity contribution in [1.29, 1.82) is 0 Å². The molecule has 0 spiro atoms. The summed E-state index contributed by atoms with van der Waals surface area (Å²) in [6.45, 7) is 8.42. The maximum absolute atomic E-state index is 11.7. The van der Waals surface area contributed by atoms with Gasteiger partial charge in [-0.05, 0) is 20.8 Å². The van der Waals surface area contributed by atoms with Gasteiger partial charge < -0.3 is 4.74 Å². The van der Waals surface area contributed by atoms with Crippen molar-refractivity contribution in [2.24, 2.45) is 0 Å². The third-order valence-electron chi connectivity index (χ3n) is 6.15. The van der Waals surface area contributed by atoms with Crippen molar-refractivity contribution in [1.82, 2.24) is 0 Å². The average Bonchev–Trinajstić information content (AvgIpc) is 2.92. The number of carbonyl (C=O) groups excluding carboxylic acids is 1. The molecule has 0 heterocycles. The van der Waals surface area contributed by atoms with E-state index in [4.69, 9.17) is 18.9 Å². The van der Waals surface area contributed by atoms with Gasteiger partial charge in [-0.25, -0.2) is 0 Å². The van der Waals surface area contributed by atoms with Crippen molar-refractivity contribution in [3.8, 4) is 0 Å². The molecule has 7 heteroatoms. The Balaban J connectivity index is 1.53. The number of hydrogen-bond donors (Lipinski definition) is 0. The number of ether oxygens (including phenoxy) is 4. The third-order valence-corrected chi connectivity index (χ3v) is 17.8. The first-order valence-electron chi connectivity index (χ1n) is 13.1. The number of carbonyl (C=O) groups is 1. The zero-order valence-electron chi connectivity index (χ0n) is 22.7. The number of rotatable bonds is 15. The Kier molecular flexibility index (Phi) is 11.7. The quantitative estimate of drug-likeness (QED) is 0.0922. The van der Waals surface area contributed by atoms with Crippen LogP contribution < -0.4 is 15.9 Å². The molecule has 0 aliphatic rings. The topological polar surface area (TPSA) is 54.0 Å². The predicted molar refractivity (Wildman–Crippen MR) is 167 cm³/mol. The van der Waals surface area contributed by atoms with E-state index in [1.807, 2.05) is 20.8 Å². The van der Waals surface area contributed by atoms with Gasteiger partial charge in [-0.2, -0.15) is 0 Å². The molecule has 0 saturated carbocycles. The van der Waals surface area contributed by atoms with Crippen LogP contribution in [0, 0.1) is 0 Å². The normalized spacial score (nSPS) is 13.0. The summed E-state index contributed by atoms with van der Waals surface area (Å²) in [5, 5.41) is 4.04. The Bertz CT molecular complexity index is 1000. The van der Waals surface area contributed by atoms with Gasteiger partial charge in [-0.3, -0.25) is 4.79 Å². The number of esters is 1. The van der Waals surface area contributed by atoms with Gasteiger partial charge >= 0.3 is 206 Å². The van der Waals surface area contributed by atoms with E-state index < -0.39 is 9.85 Å². The van der Waals surface area contributed by atoms with Crippen LogP contribution in [0.2, 0.25) is 0 Å². The van der Waals surface area contributed by atoms with E-state index >= 15 is 0 Å². The molecule has 0 radical (unpaired) electrons. The van der Waals surface area contributed by atoms with Crippen molar-refractivity contribution >= 4 is 48.2 Å². The summed E-state index contributed by atoms with van der Waals surface area (Å²) >= 11 is 2.77. The second-order valence-electron chi connectivity index (χ2n) is 10.1. The Morgan fingerprint density at radius 2 is 1.00 bits per heavy atom. The molecular formula is C31H40IO5P. The molecule has 0 saturated heterocycles. The fourth-order valence-electron chi connectivity index (χ4n) is 4.38. The Hall–Kier alpha value is -1.83. The van der Waals surface area contributed by atoms with Crippen molar-refractivity contribution in [3.63, 3.8) is 0 Å². The molecule has 0 amide bonds. The molecule has 0 bridgehead atoms. The zero-order chi connectivity index (χ0) is 27.3. The van der Waals surface area contributed by atoms with Crippen molar-refractivity contribution in [2.45, 2.75) is 32.8 Å². The fourth-order valence-corrected chi connectivity index (χ4v) is 12.4. The van der Waals surface area contributed by atoms with E-state index in [1.165, 1.54) is 15.9 Å². The SMILES string of the molecule is CC(C)(C)OC(=O)CCOCCOCCOCCP(I)(c1ccccc1)(c1ccccc1)c1ccccc1. The van der Waals surface area contributed by atoms with Gasteiger partial charge in [0.15, 0.2) is 0 Å². The number of benzene rings is 3. The van der Waals surface area contributed by atoms with E-state index in [0.717, 1.165) is 6.16 Å². The summed E-state index contributed by atoms with van der Waals surface area (Å²) in [7, 11) is 0. The Morgan fingerprint density at radius 1 is 0.632 bits per heavy atom. The molecule has 3 aromatic rings. The first-order chi connectivity index (χ1) is 18.2. The van der Waals surface area contributed by atoms with Crippen LogP contribution in [-0.4, -0.2) is 57.4 Å². The van der Waals surface area contributed by atoms with Gasteiger partial charge in [0.25, 0.3) is 0 Å². The van der Waals surface area contributed by atoms with Crippen LogP contribution in [0.15, 0.2) is 91.0 Å². The van der Waals surface area contributed by atoms with E-state index in [1.54, 1.807) is 0 Å². The first kappa shape index (κ1) is 30.7. The van der Waals surface area contributed by atoms with Crippen LogP contribution in [0.1, 0.15) is 27.2 Å². The molecule has 206 valence electrons. The van der Waals surface area contributed by atoms with E-state index in [2.05, 4.69) is 113 Å². The first-order valence-corrected chi connectivity index (χ1v) is 18.3. The second-order valence-corrected chi connectivity index (χ2v) is 20.8. The van der Waals surface area contributed by atoms with Crippen molar-refractivity contribution in [3.05, 3.63) is 91.0 Å². The van der Waals surface area contributed by atoms with Gasteiger partial charge in [0.1, 0.15) is 5.60 Å². The van der Waals surface area contributed by atoms with Gasteiger partial charge in [0.2, 0.25) is 0 Å². The van der Waals surface area contributed by atoms with Gasteiger partial charge in [-0.15, -0.1) is 0 Å². The molecule has 5 nitrogen and oxygen atoms in total. The summed E-state index contributed by atoms with van der Waals surface area (Å²) in [5.74, 6) is -0.249. The third kappa shape index (κ3) is 8.33. The number of halogens is 1. The minimum absolute atomic E-state index is 0.243. The van der Waals surface area contributed by atoms with Gasteiger partial charge in [0, 0.05) is 0 Å². The minimum atomic E-state index is -2.81. The standard InChI is InChI=1S/C31H40IO5P/c1-31(2,3)37-30(33)19-20-34-21-22-35-23-24-36-25-26-38(32,27-13-7-4-8-14-27,28-15-9-5-10-16-28)29-17-11-6-12-18-29/h4-18H,19-26H2,1-3H3. The monoisotopic (exact) mass is 650 g/mol. The molecule has 0 aliphatic heterocycles. The molecule has 0 N–H and O–H groups in total. The van der Waals surface area contributed by atoms with Crippen LogP contribution in [-0.2, 0) is 23.7 Å². The molecule has 0 aliphatic carbocycles. The Labute approximate surface area is 240 Å². The van der Waals surface area contributed by atoms with Crippen LogP contribution in [0.5, 0.6) is 0 Å². The predicted octanol–water partition coefficient (Wildman–Crippen LogP) is 5.65. The Morgan fingerprint density at radius 3 is 1.39 bits per heavy atom. The van der Waals surface area contributed by atoms with Crippen LogP contribution in [0.3, 0.4) is 0 Å². The summed E-state index contributed by atoms with van der Waals surface area (Å²) in [4.78, 5) is 11.7. The molecule has 0 unspecified atom stereocenters. The molecule has 3 aromatic carbocycles. The number of hydrogen-bond acceptors (Lipinski definition) is 5. The molecule has 3 rings (SSSR count). The van der Waals surface area contributed by atoms with E-state index in [9.17, 15) is 4.79 Å². The molecular weight excluding hydrogens is 610 g/mol. The molecule has 0 fully saturated rings. The van der Waals surface area contributed by atoms with Gasteiger partial charge in [0.05, 0.1) is 0 Å². The van der Waals surface area contributed by atoms with Crippen LogP contribution in [0.25, 0.3) is 0 Å². The molecule has 0 atom stereocenters. The summed E-state index contributed by atoms with van der Waals surface area (Å²) < 4.78 is 19.8. The summed E-state index contributed by atoms with van der Waals surface area (Å²) in [6.07, 6.45) is 1.13.